The van der Waals surface area contributed by atoms with Crippen LogP contribution in [0.3, 0.4) is 0 Å². The van der Waals surface area contributed by atoms with Gasteiger partial charge in [0, 0.05) is 22.8 Å². The van der Waals surface area contributed by atoms with Gasteiger partial charge in [0.1, 0.15) is 12.1 Å². The maximum Gasteiger partial charge on any atom is 0.410 e. The van der Waals surface area contributed by atoms with Crippen LogP contribution < -0.4 is 10.9 Å². The summed E-state index contributed by atoms with van der Waals surface area (Å²) in [5, 5.41) is 8.00. The number of aromatic nitrogens is 2. The third-order valence-corrected chi connectivity index (χ3v) is 5.71. The number of nitrogens with one attached hydrogen (secondary N) is 1. The van der Waals surface area contributed by atoms with Crippen molar-refractivity contribution in [2.75, 3.05) is 13.1 Å². The Morgan fingerprint density at radius 1 is 1.29 bits per heavy atom. The predicted octanol–water partition coefficient (Wildman–Crippen LogP) is 4.04. The number of piperidine rings is 1. The number of hydrogen-bond acceptors (Lipinski definition) is 5. The van der Waals surface area contributed by atoms with Crippen LogP contribution in [0.1, 0.15) is 52.7 Å². The van der Waals surface area contributed by atoms with Crippen molar-refractivity contribution in [1.82, 2.24) is 20.0 Å². The van der Waals surface area contributed by atoms with Crippen molar-refractivity contribution in [3.8, 4) is 0 Å². The maximum atomic E-state index is 14.3. The van der Waals surface area contributed by atoms with Crippen molar-refractivity contribution in [3.63, 3.8) is 0 Å². The van der Waals surface area contributed by atoms with Crippen LogP contribution in [0.5, 0.6) is 0 Å². The molecule has 0 saturated carbocycles. The molecule has 2 aromatic rings. The first-order chi connectivity index (χ1) is 15.6. The van der Waals surface area contributed by atoms with E-state index in [9.17, 15) is 23.2 Å². The van der Waals surface area contributed by atoms with Crippen LogP contribution in [0.2, 0.25) is 0 Å². The van der Waals surface area contributed by atoms with Gasteiger partial charge >= 0.3 is 6.09 Å². The lowest BCUT2D eigenvalue weighted by Crippen LogP contribution is -2.57. The predicted molar refractivity (Wildman–Crippen MR) is 127 cm³/mol. The molecule has 1 fully saturated rings. The Kier molecular flexibility index (Phi) is 7.35. The second-order valence-electron chi connectivity index (χ2n) is 9.88. The van der Waals surface area contributed by atoms with E-state index in [1.165, 1.54) is 0 Å². The first-order valence-corrected chi connectivity index (χ1v) is 11.8. The minimum Gasteiger partial charge on any atom is -0.444 e. The Hall–Kier alpha value is -2.56. The van der Waals surface area contributed by atoms with Gasteiger partial charge in [-0.25, -0.2) is 18.3 Å². The molecular weight excluding hydrogens is 514 g/mol. The Balaban J connectivity index is 1.79. The molecule has 1 aromatic carbocycles. The van der Waals surface area contributed by atoms with Crippen LogP contribution in [-0.2, 0) is 16.1 Å². The second-order valence-corrected chi connectivity index (χ2v) is 10.8. The van der Waals surface area contributed by atoms with Crippen LogP contribution in [0, 0.1) is 0 Å². The molecule has 0 aliphatic carbocycles. The van der Waals surface area contributed by atoms with Crippen molar-refractivity contribution in [2.24, 2.45) is 0 Å². The van der Waals surface area contributed by atoms with Gasteiger partial charge in [-0.3, -0.25) is 9.59 Å². The zero-order chi connectivity index (χ0) is 25.4. The molecule has 0 bridgehead atoms. The van der Waals surface area contributed by atoms with Crippen LogP contribution in [-0.4, -0.2) is 57.3 Å². The summed E-state index contributed by atoms with van der Waals surface area (Å²) in [6.07, 6.45) is -1.49. The first-order valence-electron chi connectivity index (χ1n) is 11.0. The molecule has 0 unspecified atom stereocenters. The fourth-order valence-corrected chi connectivity index (χ4v) is 4.25. The molecule has 8 nitrogen and oxygen atoms in total. The lowest BCUT2D eigenvalue weighted by molar-refractivity contribution is -0.125. The van der Waals surface area contributed by atoms with Crippen molar-refractivity contribution in [2.45, 2.75) is 71.1 Å². The summed E-state index contributed by atoms with van der Waals surface area (Å²) in [6, 6.07) is 4.19. The normalized spacial score (nSPS) is 18.3. The summed E-state index contributed by atoms with van der Waals surface area (Å²) in [5.41, 5.74) is -0.648. The third-order valence-electron chi connectivity index (χ3n) is 5.22. The summed E-state index contributed by atoms with van der Waals surface area (Å²) in [4.78, 5) is 38.9. The van der Waals surface area contributed by atoms with Gasteiger partial charge < -0.3 is 15.0 Å². The van der Waals surface area contributed by atoms with Crippen LogP contribution in [0.15, 0.2) is 27.5 Å². The smallest absolute Gasteiger partial charge is 0.410 e. The fourth-order valence-electron chi connectivity index (χ4n) is 3.89. The number of halogens is 3. The van der Waals surface area contributed by atoms with Gasteiger partial charge in [-0.05, 0) is 44.9 Å². The highest BCUT2D eigenvalue weighted by Gasteiger charge is 2.43. The lowest BCUT2D eigenvalue weighted by atomic mass is 10.0. The van der Waals surface area contributed by atoms with Crippen LogP contribution in [0.25, 0.3) is 10.8 Å². The van der Waals surface area contributed by atoms with E-state index in [1.54, 1.807) is 39.0 Å². The summed E-state index contributed by atoms with van der Waals surface area (Å²) in [5.74, 6) is -3.86. The number of carbonyl (C=O) groups is 2. The number of fused-ring (bicyclic) bond motifs is 1. The van der Waals surface area contributed by atoms with Crippen molar-refractivity contribution in [3.05, 3.63) is 38.7 Å². The first kappa shape index (κ1) is 26.1. The summed E-state index contributed by atoms with van der Waals surface area (Å²) < 4.78 is 35.7. The van der Waals surface area contributed by atoms with E-state index in [0.717, 1.165) is 14.1 Å². The van der Waals surface area contributed by atoms with Crippen molar-refractivity contribution >= 4 is 38.7 Å². The Labute approximate surface area is 204 Å². The molecule has 1 saturated heterocycles. The number of benzene rings is 1. The number of carbonyl (C=O) groups excluding carboxylic acids is 2. The zero-order valence-corrected chi connectivity index (χ0v) is 21.4. The highest BCUT2D eigenvalue weighted by Crippen LogP contribution is 2.28. The highest BCUT2D eigenvalue weighted by atomic mass is 79.9. The van der Waals surface area contributed by atoms with Gasteiger partial charge in [0.2, 0.25) is 5.91 Å². The molecule has 34 heavy (non-hydrogen) atoms. The molecule has 1 aliphatic rings. The Morgan fingerprint density at radius 3 is 2.59 bits per heavy atom. The molecule has 2 heterocycles. The number of nitrogens with zero attached hydrogens (tertiary/aromatic N) is 3. The van der Waals surface area contributed by atoms with Gasteiger partial charge in [-0.2, -0.15) is 5.10 Å². The molecule has 2 amide bonds. The summed E-state index contributed by atoms with van der Waals surface area (Å²) >= 11 is 3.40. The molecule has 1 aliphatic heterocycles. The minimum atomic E-state index is -3.19. The second kappa shape index (κ2) is 9.59. The van der Waals surface area contributed by atoms with Gasteiger partial charge in [0.25, 0.3) is 11.5 Å². The van der Waals surface area contributed by atoms with Crippen molar-refractivity contribution < 1.29 is 23.1 Å². The summed E-state index contributed by atoms with van der Waals surface area (Å²) in [6.45, 7) is 7.44. The maximum absolute atomic E-state index is 14.3. The van der Waals surface area contributed by atoms with E-state index < -0.39 is 54.6 Å². The Morgan fingerprint density at radius 2 is 1.97 bits per heavy atom. The quantitative estimate of drug-likeness (QED) is 0.629. The fraction of sp³-hybridized carbons (Fsp3) is 0.565. The lowest BCUT2D eigenvalue weighted by Gasteiger charge is -2.38. The minimum absolute atomic E-state index is 0.0221. The molecular formula is C23H29BrF2N4O4. The number of hydrogen-bond donors (Lipinski definition) is 1. The molecule has 0 spiro atoms. The molecule has 1 aromatic heterocycles. The molecule has 11 heteroatoms. The van der Waals surface area contributed by atoms with Crippen LogP contribution >= 0.6 is 15.9 Å². The SMILES string of the molecule is CC(C)c1nn(CC(=O)N[C@@H]2CN(C(=O)OC(C)(C)C)CC(F)(F)C2)c(=O)c2ccc(Br)cc12. The molecule has 1 atom stereocenters. The van der Waals surface area contributed by atoms with Gasteiger partial charge in [-0.1, -0.05) is 29.8 Å². The summed E-state index contributed by atoms with van der Waals surface area (Å²) in [7, 11) is 0. The molecule has 0 radical (unpaired) electrons. The van der Waals surface area contributed by atoms with E-state index in [4.69, 9.17) is 4.74 Å². The van der Waals surface area contributed by atoms with E-state index in [0.29, 0.717) is 16.5 Å². The number of likely N-dealkylation sites (tertiary alicyclic amines) is 1. The largest absolute Gasteiger partial charge is 0.444 e. The zero-order valence-electron chi connectivity index (χ0n) is 19.8. The Bertz CT molecular complexity index is 1160. The van der Waals surface area contributed by atoms with E-state index >= 15 is 0 Å². The topological polar surface area (TPSA) is 93.5 Å². The van der Waals surface area contributed by atoms with E-state index in [2.05, 4.69) is 26.3 Å². The third kappa shape index (κ3) is 6.31. The van der Waals surface area contributed by atoms with E-state index in [1.807, 2.05) is 13.8 Å². The van der Waals surface area contributed by atoms with Crippen molar-refractivity contribution in [1.29, 1.82) is 0 Å². The average molecular weight is 543 g/mol. The number of ether oxygens (including phenoxy) is 1. The van der Waals surface area contributed by atoms with Gasteiger partial charge in [0.05, 0.1) is 23.7 Å². The number of amides is 2. The molecule has 1 N–H and O–H groups in total. The van der Waals surface area contributed by atoms with E-state index in [-0.39, 0.29) is 12.5 Å². The monoisotopic (exact) mass is 542 g/mol. The molecule has 186 valence electrons. The standard InChI is InChI=1S/C23H29BrF2N4O4/c1-13(2)19-17-8-14(24)6-7-16(17)20(32)30(28-19)11-18(31)27-15-9-23(25,26)12-29(10-15)21(33)34-22(3,4)5/h6-8,13,15H,9-12H2,1-5H3,(H,27,31)/t15-/m0/s1. The number of rotatable bonds is 4. The average Bonchev–Trinajstić information content (AvgIpc) is 2.67. The van der Waals surface area contributed by atoms with Gasteiger partial charge in [0.15, 0.2) is 0 Å². The van der Waals surface area contributed by atoms with Gasteiger partial charge in [-0.15, -0.1) is 0 Å². The highest BCUT2D eigenvalue weighted by molar-refractivity contribution is 9.10. The molecule has 3 rings (SSSR count). The number of alkyl halides is 2. The van der Waals surface area contributed by atoms with Crippen LogP contribution in [0.4, 0.5) is 13.6 Å².